The Labute approximate surface area is 112 Å². The van der Waals surface area contributed by atoms with Gasteiger partial charge in [-0.25, -0.2) is 14.8 Å². The number of fused-ring (bicyclic) bond motifs is 1. The number of urea groups is 1. The van der Waals surface area contributed by atoms with E-state index in [1.165, 1.54) is 0 Å². The van der Waals surface area contributed by atoms with E-state index in [2.05, 4.69) is 34.0 Å². The van der Waals surface area contributed by atoms with Gasteiger partial charge in [0.1, 0.15) is 0 Å². The Morgan fingerprint density at radius 3 is 2.74 bits per heavy atom. The van der Waals surface area contributed by atoms with Gasteiger partial charge in [-0.1, -0.05) is 13.8 Å². The maximum atomic E-state index is 11.5. The molecule has 0 saturated carbocycles. The highest BCUT2D eigenvalue weighted by molar-refractivity contribution is 5.77. The molecule has 2 saturated heterocycles. The molecule has 1 aromatic rings. The second-order valence-electron chi connectivity index (χ2n) is 5.45. The number of amides is 2. The zero-order chi connectivity index (χ0) is 13.4. The average Bonchev–Trinajstić information content (AvgIpc) is 2.80. The van der Waals surface area contributed by atoms with Crippen molar-refractivity contribution in [2.75, 3.05) is 31.1 Å². The lowest BCUT2D eigenvalue weighted by atomic mass is 10.1. The lowest BCUT2D eigenvalue weighted by Crippen LogP contribution is -2.52. The zero-order valence-electron chi connectivity index (χ0n) is 11.3. The molecule has 19 heavy (non-hydrogen) atoms. The largest absolute Gasteiger partial charge is 0.337 e. The standard InChI is InChI=1S/C13H19N5O/c1-9(2)10-5-14-12(15-6-10)17-3-4-18-11(8-17)7-16-13(18)19/h5-6,9,11H,3-4,7-8H2,1-2H3,(H,16,19)/t11-/m0/s1. The number of nitrogens with one attached hydrogen (secondary N) is 1. The van der Waals surface area contributed by atoms with Gasteiger partial charge in [-0.3, -0.25) is 0 Å². The first kappa shape index (κ1) is 12.2. The number of nitrogens with zero attached hydrogens (tertiary/aromatic N) is 4. The third kappa shape index (κ3) is 2.22. The topological polar surface area (TPSA) is 61.4 Å². The summed E-state index contributed by atoms with van der Waals surface area (Å²) in [6.45, 7) is 7.33. The van der Waals surface area contributed by atoms with Crippen LogP contribution in [0.25, 0.3) is 0 Å². The number of hydrogen-bond acceptors (Lipinski definition) is 4. The van der Waals surface area contributed by atoms with Crippen LogP contribution in [0.5, 0.6) is 0 Å². The number of piperazine rings is 1. The van der Waals surface area contributed by atoms with E-state index in [4.69, 9.17) is 0 Å². The van der Waals surface area contributed by atoms with Crippen molar-refractivity contribution in [3.8, 4) is 0 Å². The molecule has 1 atom stereocenters. The highest BCUT2D eigenvalue weighted by Crippen LogP contribution is 2.19. The van der Waals surface area contributed by atoms with Crippen molar-refractivity contribution < 1.29 is 4.79 Å². The van der Waals surface area contributed by atoms with Crippen LogP contribution in [0.15, 0.2) is 12.4 Å². The number of anilines is 1. The van der Waals surface area contributed by atoms with Gasteiger partial charge >= 0.3 is 6.03 Å². The monoisotopic (exact) mass is 261 g/mol. The summed E-state index contributed by atoms with van der Waals surface area (Å²) in [6, 6.07) is 0.301. The summed E-state index contributed by atoms with van der Waals surface area (Å²) in [6.07, 6.45) is 3.80. The Bertz CT molecular complexity index is 472. The summed E-state index contributed by atoms with van der Waals surface area (Å²) >= 11 is 0. The van der Waals surface area contributed by atoms with Crippen LogP contribution in [0.1, 0.15) is 25.3 Å². The molecule has 0 bridgehead atoms. The van der Waals surface area contributed by atoms with Crippen molar-refractivity contribution >= 4 is 12.0 Å². The van der Waals surface area contributed by atoms with E-state index in [9.17, 15) is 4.79 Å². The van der Waals surface area contributed by atoms with E-state index in [1.54, 1.807) is 0 Å². The summed E-state index contributed by atoms with van der Waals surface area (Å²) in [5.41, 5.74) is 1.15. The van der Waals surface area contributed by atoms with Crippen molar-refractivity contribution in [3.63, 3.8) is 0 Å². The predicted octanol–water partition coefficient (Wildman–Crippen LogP) is 0.814. The molecule has 2 fully saturated rings. The summed E-state index contributed by atoms with van der Waals surface area (Å²) in [7, 11) is 0. The Morgan fingerprint density at radius 2 is 2.05 bits per heavy atom. The van der Waals surface area contributed by atoms with Crippen molar-refractivity contribution in [1.29, 1.82) is 0 Å². The Balaban J connectivity index is 1.71. The van der Waals surface area contributed by atoms with Gasteiger partial charge in [0.05, 0.1) is 6.04 Å². The van der Waals surface area contributed by atoms with Crippen LogP contribution in [-0.4, -0.2) is 53.1 Å². The lowest BCUT2D eigenvalue weighted by molar-refractivity contribution is 0.197. The third-order valence-corrected chi connectivity index (χ3v) is 3.84. The minimum atomic E-state index is 0.0562. The van der Waals surface area contributed by atoms with Gasteiger partial charge in [0.2, 0.25) is 5.95 Å². The van der Waals surface area contributed by atoms with Gasteiger partial charge in [-0.2, -0.15) is 0 Å². The summed E-state index contributed by atoms with van der Waals surface area (Å²) in [5, 5.41) is 2.88. The maximum Gasteiger partial charge on any atom is 0.317 e. The predicted molar refractivity (Wildman–Crippen MR) is 72.2 cm³/mol. The molecule has 0 spiro atoms. The molecule has 3 heterocycles. The second-order valence-corrected chi connectivity index (χ2v) is 5.45. The maximum absolute atomic E-state index is 11.5. The van der Waals surface area contributed by atoms with E-state index in [1.807, 2.05) is 17.3 Å². The molecular formula is C13H19N5O. The molecule has 0 radical (unpaired) electrons. The first-order chi connectivity index (χ1) is 9.15. The van der Waals surface area contributed by atoms with E-state index in [-0.39, 0.29) is 12.1 Å². The Hall–Kier alpha value is -1.85. The fourth-order valence-corrected chi connectivity index (χ4v) is 2.58. The lowest BCUT2D eigenvalue weighted by Gasteiger charge is -2.36. The Morgan fingerprint density at radius 1 is 1.32 bits per heavy atom. The van der Waals surface area contributed by atoms with E-state index < -0.39 is 0 Å². The highest BCUT2D eigenvalue weighted by Gasteiger charge is 2.36. The van der Waals surface area contributed by atoms with Gasteiger partial charge in [-0.15, -0.1) is 0 Å². The number of rotatable bonds is 2. The van der Waals surface area contributed by atoms with E-state index >= 15 is 0 Å². The third-order valence-electron chi connectivity index (χ3n) is 3.84. The Kier molecular flexibility index (Phi) is 3.00. The number of aromatic nitrogens is 2. The SMILES string of the molecule is CC(C)c1cnc(N2CCN3C(=O)NC[C@H]3C2)nc1. The smallest absolute Gasteiger partial charge is 0.317 e. The molecule has 6 nitrogen and oxygen atoms in total. The van der Waals surface area contributed by atoms with Crippen molar-refractivity contribution in [2.24, 2.45) is 0 Å². The normalized spacial score (nSPS) is 22.7. The fourth-order valence-electron chi connectivity index (χ4n) is 2.58. The molecule has 6 heteroatoms. The van der Waals surface area contributed by atoms with Gasteiger partial charge in [0.15, 0.2) is 0 Å². The second kappa shape index (κ2) is 4.68. The van der Waals surface area contributed by atoms with Crippen LogP contribution >= 0.6 is 0 Å². The zero-order valence-corrected chi connectivity index (χ0v) is 11.3. The molecule has 0 unspecified atom stereocenters. The molecular weight excluding hydrogens is 242 g/mol. The van der Waals surface area contributed by atoms with Crippen molar-refractivity contribution in [2.45, 2.75) is 25.8 Å². The molecule has 0 aromatic carbocycles. The molecule has 102 valence electrons. The quantitative estimate of drug-likeness (QED) is 0.856. The van der Waals surface area contributed by atoms with Crippen LogP contribution in [-0.2, 0) is 0 Å². The summed E-state index contributed by atoms with van der Waals surface area (Å²) in [4.78, 5) is 24.5. The molecule has 3 rings (SSSR count). The first-order valence-electron chi connectivity index (χ1n) is 6.76. The summed E-state index contributed by atoms with van der Waals surface area (Å²) in [5.74, 6) is 1.21. The number of carbonyl (C=O) groups excluding carboxylic acids is 1. The number of hydrogen-bond donors (Lipinski definition) is 1. The van der Waals surface area contributed by atoms with E-state index in [0.29, 0.717) is 5.92 Å². The van der Waals surface area contributed by atoms with Crippen LogP contribution < -0.4 is 10.2 Å². The van der Waals surface area contributed by atoms with E-state index in [0.717, 1.165) is 37.7 Å². The minimum absolute atomic E-state index is 0.0562. The van der Waals surface area contributed by atoms with Crippen LogP contribution in [0.2, 0.25) is 0 Å². The highest BCUT2D eigenvalue weighted by atomic mass is 16.2. The van der Waals surface area contributed by atoms with Gasteiger partial charge in [0, 0.05) is 38.6 Å². The summed E-state index contributed by atoms with van der Waals surface area (Å²) < 4.78 is 0. The van der Waals surface area contributed by atoms with Crippen LogP contribution in [0.3, 0.4) is 0 Å². The van der Waals surface area contributed by atoms with Gasteiger partial charge < -0.3 is 15.1 Å². The fraction of sp³-hybridized carbons (Fsp3) is 0.615. The molecule has 2 amide bonds. The van der Waals surface area contributed by atoms with Gasteiger partial charge in [0.25, 0.3) is 0 Å². The molecule has 2 aliphatic heterocycles. The first-order valence-corrected chi connectivity index (χ1v) is 6.76. The van der Waals surface area contributed by atoms with Crippen molar-refractivity contribution in [3.05, 3.63) is 18.0 Å². The van der Waals surface area contributed by atoms with Gasteiger partial charge in [-0.05, 0) is 11.5 Å². The van der Waals surface area contributed by atoms with Crippen molar-refractivity contribution in [1.82, 2.24) is 20.2 Å². The molecule has 1 aromatic heterocycles. The van der Waals surface area contributed by atoms with Crippen LogP contribution in [0.4, 0.5) is 10.7 Å². The molecule has 2 aliphatic rings. The molecule has 1 N–H and O–H groups in total. The average molecular weight is 261 g/mol. The number of carbonyl (C=O) groups is 1. The minimum Gasteiger partial charge on any atom is -0.337 e. The molecule has 0 aliphatic carbocycles. The van der Waals surface area contributed by atoms with Crippen LogP contribution in [0, 0.1) is 0 Å².